The van der Waals surface area contributed by atoms with Crippen LogP contribution in [0.15, 0.2) is 61.1 Å². The molecule has 1 saturated heterocycles. The Morgan fingerprint density at radius 3 is 2.74 bits per heavy atom. The fourth-order valence-corrected chi connectivity index (χ4v) is 3.54. The number of carbonyl (C=O) groups is 1. The van der Waals surface area contributed by atoms with E-state index in [-0.39, 0.29) is 19.0 Å². The fourth-order valence-electron chi connectivity index (χ4n) is 3.54. The third kappa shape index (κ3) is 4.80. The first kappa shape index (κ1) is 23.1. The van der Waals surface area contributed by atoms with E-state index < -0.39 is 23.7 Å². The Balaban J connectivity index is 0.00000274. The van der Waals surface area contributed by atoms with E-state index in [4.69, 9.17) is 4.84 Å². The molecule has 0 unspecified atom stereocenters. The first-order chi connectivity index (χ1) is 16.1. The van der Waals surface area contributed by atoms with Crippen LogP contribution in [-0.2, 0) is 4.84 Å². The Hall–Kier alpha value is -4.07. The van der Waals surface area contributed by atoms with Gasteiger partial charge in [0.25, 0.3) is 0 Å². The highest BCUT2D eigenvalue weighted by Gasteiger charge is 2.32. The van der Waals surface area contributed by atoms with Crippen molar-refractivity contribution in [3.63, 3.8) is 0 Å². The molecular formula is C23H17ClF2N6O2. The minimum Gasteiger partial charge on any atom is -0.306 e. The van der Waals surface area contributed by atoms with Crippen LogP contribution in [0.3, 0.4) is 0 Å². The second-order valence-electron chi connectivity index (χ2n) is 7.21. The molecule has 1 aliphatic rings. The lowest BCUT2D eigenvalue weighted by Crippen LogP contribution is -2.33. The largest absolute Gasteiger partial charge is 0.346 e. The van der Waals surface area contributed by atoms with Crippen molar-refractivity contribution >= 4 is 29.8 Å². The molecule has 0 spiro atoms. The van der Waals surface area contributed by atoms with Crippen molar-refractivity contribution in [2.24, 2.45) is 0 Å². The zero-order valence-electron chi connectivity index (χ0n) is 17.5. The van der Waals surface area contributed by atoms with E-state index in [2.05, 4.69) is 32.2 Å². The van der Waals surface area contributed by atoms with Gasteiger partial charge in [-0.25, -0.2) is 28.1 Å². The zero-order valence-corrected chi connectivity index (χ0v) is 18.3. The molecule has 0 bridgehead atoms. The van der Waals surface area contributed by atoms with Crippen molar-refractivity contribution in [1.82, 2.24) is 24.6 Å². The quantitative estimate of drug-likeness (QED) is 0.434. The Labute approximate surface area is 198 Å². The summed E-state index contributed by atoms with van der Waals surface area (Å²) in [6, 6.07) is 8.80. The zero-order chi connectivity index (χ0) is 22.8. The maximum absolute atomic E-state index is 13.6. The normalized spacial score (nSPS) is 14.9. The Morgan fingerprint density at radius 2 is 1.91 bits per heavy atom. The van der Waals surface area contributed by atoms with E-state index in [1.165, 1.54) is 18.3 Å². The molecule has 4 aromatic rings. The molecule has 0 saturated carbocycles. The van der Waals surface area contributed by atoms with Gasteiger partial charge in [0.2, 0.25) is 0 Å². The van der Waals surface area contributed by atoms with Gasteiger partial charge in [0, 0.05) is 30.6 Å². The third-order valence-electron chi connectivity index (χ3n) is 4.98. The van der Waals surface area contributed by atoms with Crippen molar-refractivity contribution < 1.29 is 18.4 Å². The number of aromatic nitrogens is 4. The molecule has 0 radical (unpaired) electrons. The van der Waals surface area contributed by atoms with Gasteiger partial charge in [0.1, 0.15) is 23.0 Å². The molecule has 34 heavy (non-hydrogen) atoms. The van der Waals surface area contributed by atoms with Gasteiger partial charge in [-0.1, -0.05) is 0 Å². The smallest absolute Gasteiger partial charge is 0.306 e. The van der Waals surface area contributed by atoms with Crippen molar-refractivity contribution in [3.05, 3.63) is 89.6 Å². The van der Waals surface area contributed by atoms with Crippen LogP contribution in [0.2, 0.25) is 0 Å². The molecular weight excluding hydrogens is 466 g/mol. The van der Waals surface area contributed by atoms with Gasteiger partial charge in [-0.2, -0.15) is 10.2 Å². The number of rotatable bonds is 2. The molecule has 1 fully saturated rings. The van der Waals surface area contributed by atoms with Gasteiger partial charge in [0.15, 0.2) is 5.65 Å². The Bertz CT molecular complexity index is 1400. The van der Waals surface area contributed by atoms with E-state index >= 15 is 0 Å². The number of imidazole rings is 1. The fraction of sp³-hybridized carbons (Fsp3) is 0.130. The van der Waals surface area contributed by atoms with Crippen LogP contribution < -0.4 is 5.32 Å². The van der Waals surface area contributed by atoms with Crippen LogP contribution in [0.4, 0.5) is 19.3 Å². The summed E-state index contributed by atoms with van der Waals surface area (Å²) in [5, 5.41) is 8.01. The molecule has 1 aromatic carbocycles. The predicted molar refractivity (Wildman–Crippen MR) is 121 cm³/mol. The summed E-state index contributed by atoms with van der Waals surface area (Å²) in [7, 11) is 0. The summed E-state index contributed by atoms with van der Waals surface area (Å²) in [5.41, 5.74) is 2.45. The first-order valence-corrected chi connectivity index (χ1v) is 10.0. The molecule has 3 aromatic heterocycles. The van der Waals surface area contributed by atoms with Crippen molar-refractivity contribution in [1.29, 1.82) is 0 Å². The van der Waals surface area contributed by atoms with Gasteiger partial charge in [-0.3, -0.25) is 4.84 Å². The average Bonchev–Trinajstić information content (AvgIpc) is 3.45. The van der Waals surface area contributed by atoms with Crippen LogP contribution >= 0.6 is 12.4 Å². The molecule has 8 nitrogen and oxygen atoms in total. The van der Waals surface area contributed by atoms with E-state index in [1.807, 2.05) is 6.07 Å². The van der Waals surface area contributed by atoms with Crippen LogP contribution in [0.1, 0.15) is 29.4 Å². The lowest BCUT2D eigenvalue weighted by atomic mass is 10.0. The number of hydroxylamine groups is 2. The second kappa shape index (κ2) is 9.82. The van der Waals surface area contributed by atoms with E-state index in [9.17, 15) is 13.6 Å². The third-order valence-corrected chi connectivity index (χ3v) is 4.98. The number of benzene rings is 1. The van der Waals surface area contributed by atoms with Crippen molar-refractivity contribution in [2.45, 2.75) is 12.5 Å². The summed E-state index contributed by atoms with van der Waals surface area (Å²) in [6.45, 7) is 0.247. The molecule has 1 N–H and O–H groups in total. The number of urea groups is 1. The van der Waals surface area contributed by atoms with Crippen LogP contribution in [0.25, 0.3) is 5.65 Å². The number of fused-ring (bicyclic) bond motifs is 1. The summed E-state index contributed by atoms with van der Waals surface area (Å²) < 4.78 is 28.9. The van der Waals surface area contributed by atoms with Crippen LogP contribution in [-0.4, -0.2) is 37.3 Å². The number of halogens is 3. The minimum absolute atomic E-state index is 0. The molecule has 1 atom stereocenters. The molecule has 4 heterocycles. The van der Waals surface area contributed by atoms with Crippen molar-refractivity contribution in [3.8, 4) is 11.8 Å². The van der Waals surface area contributed by atoms with Crippen molar-refractivity contribution in [2.75, 3.05) is 11.9 Å². The number of nitrogens with one attached hydrogen (secondary N) is 1. The van der Waals surface area contributed by atoms with E-state index in [0.29, 0.717) is 34.7 Å². The number of carbonyl (C=O) groups excluding carboxylic acids is 1. The van der Waals surface area contributed by atoms with Gasteiger partial charge < -0.3 is 5.32 Å². The number of amides is 2. The Morgan fingerprint density at radius 1 is 1.09 bits per heavy atom. The number of hydrogen-bond donors (Lipinski definition) is 1. The van der Waals surface area contributed by atoms with Crippen LogP contribution in [0, 0.1) is 23.5 Å². The van der Waals surface area contributed by atoms with Gasteiger partial charge in [0.05, 0.1) is 18.8 Å². The molecule has 11 heteroatoms. The number of pyridine rings is 1. The summed E-state index contributed by atoms with van der Waals surface area (Å²) in [6.07, 6.45) is 5.18. The van der Waals surface area contributed by atoms with E-state index in [1.54, 1.807) is 35.1 Å². The SMILES string of the molecule is Cl.O=C(Nc1ccnc(C#Cc2cnc3cccnn23)c1)N1OCC[C@H]1c1cc(F)cc(F)c1. The summed E-state index contributed by atoms with van der Waals surface area (Å²) >= 11 is 0. The minimum atomic E-state index is -0.712. The predicted octanol–water partition coefficient (Wildman–Crippen LogP) is 4.13. The monoisotopic (exact) mass is 482 g/mol. The van der Waals surface area contributed by atoms with Gasteiger partial charge >= 0.3 is 6.03 Å². The lowest BCUT2D eigenvalue weighted by Gasteiger charge is -2.23. The highest BCUT2D eigenvalue weighted by molar-refractivity contribution is 5.89. The molecule has 5 rings (SSSR count). The Kier molecular flexibility index (Phi) is 6.67. The molecule has 2 amide bonds. The highest BCUT2D eigenvalue weighted by atomic mass is 35.5. The molecule has 172 valence electrons. The van der Waals surface area contributed by atoms with Crippen LogP contribution in [0.5, 0.6) is 0 Å². The maximum atomic E-state index is 13.6. The second-order valence-corrected chi connectivity index (χ2v) is 7.21. The molecule has 0 aliphatic carbocycles. The standard InChI is InChI=1S/C23H16F2N6O2.ClH/c24-16-10-15(11-17(25)12-16)21-6-9-33-31(21)23(32)29-19-5-8-26-18(13-19)3-4-20-14-27-22-2-1-7-28-30(20)22;/h1-2,5,7-8,10-14,21H,6,9H2,(H,26,29,32);1H/t21-;/m0./s1. The number of anilines is 1. The maximum Gasteiger partial charge on any atom is 0.346 e. The summed E-state index contributed by atoms with van der Waals surface area (Å²) in [4.78, 5) is 26.6. The molecule has 1 aliphatic heterocycles. The van der Waals surface area contributed by atoms with E-state index in [0.717, 1.165) is 11.1 Å². The van der Waals surface area contributed by atoms with Gasteiger partial charge in [-0.15, -0.1) is 12.4 Å². The first-order valence-electron chi connectivity index (χ1n) is 10.0. The average molecular weight is 483 g/mol. The van der Waals surface area contributed by atoms with Gasteiger partial charge in [-0.05, 0) is 53.8 Å². The topological polar surface area (TPSA) is 84.7 Å². The summed E-state index contributed by atoms with van der Waals surface area (Å²) in [5.74, 6) is 4.47. The number of hydrogen-bond acceptors (Lipinski definition) is 5. The number of nitrogens with zero attached hydrogens (tertiary/aromatic N) is 5. The lowest BCUT2D eigenvalue weighted by molar-refractivity contribution is -0.0830. The highest BCUT2D eigenvalue weighted by Crippen LogP contribution is 2.31.